The van der Waals surface area contributed by atoms with E-state index in [0.717, 1.165) is 0 Å². The molecule has 3 aliphatic heterocycles. The van der Waals surface area contributed by atoms with Gasteiger partial charge in [-0.25, -0.2) is 16.8 Å². The van der Waals surface area contributed by atoms with Gasteiger partial charge in [0.2, 0.25) is 4.08 Å². The molecule has 11 heteroatoms. The molecule has 0 aromatic carbocycles. The summed E-state index contributed by atoms with van der Waals surface area (Å²) < 4.78 is 77.5. The van der Waals surface area contributed by atoms with Gasteiger partial charge >= 0.3 is 7.90 Å². The molecule has 2 unspecified atom stereocenters. The fraction of sp³-hybridized carbons (Fsp3) is 1.00. The van der Waals surface area contributed by atoms with Crippen LogP contribution < -0.4 is 0 Å². The van der Waals surface area contributed by atoms with E-state index in [1.165, 1.54) is 0 Å². The number of rotatable bonds is 4. The van der Waals surface area contributed by atoms with Crippen LogP contribution in [0.25, 0.3) is 0 Å². The van der Waals surface area contributed by atoms with E-state index in [0.29, 0.717) is 0 Å². The largest absolute Gasteiger partial charge is 0.373 e. The normalized spacial score (nSPS) is 40.7. The fourth-order valence-electron chi connectivity index (χ4n) is 2.15. The Kier molecular flexibility index (Phi) is 2.32. The minimum Gasteiger partial charge on any atom is -0.373 e. The van der Waals surface area contributed by atoms with Crippen LogP contribution in [0.5, 0.6) is 0 Å². The van der Waals surface area contributed by atoms with E-state index in [4.69, 9.17) is 9.47 Å². The molecule has 3 rings (SSSR count). The van der Waals surface area contributed by atoms with Crippen LogP contribution in [0.2, 0.25) is 0 Å². The summed E-state index contributed by atoms with van der Waals surface area (Å²) in [6, 6.07) is 0. The fourth-order valence-corrected chi connectivity index (χ4v) is 15.4. The van der Waals surface area contributed by atoms with Crippen LogP contribution >= 0.6 is 0 Å². The lowest BCUT2D eigenvalue weighted by Gasteiger charge is -2.38. The highest BCUT2D eigenvalue weighted by atomic mass is 33.6. The molecule has 104 valence electrons. The summed E-state index contributed by atoms with van der Waals surface area (Å²) in [4.78, 5) is 0. The molecule has 0 N–H and O–H groups in total. The molecule has 8 nitrogen and oxygen atoms in total. The van der Waals surface area contributed by atoms with E-state index in [-0.39, 0.29) is 26.1 Å². The first kappa shape index (κ1) is 12.8. The van der Waals surface area contributed by atoms with Crippen molar-refractivity contribution < 1.29 is 34.7 Å². The smallest absolute Gasteiger partial charge is 0.360 e. The molecule has 0 spiro atoms. The summed E-state index contributed by atoms with van der Waals surface area (Å²) in [6.45, 7) is 0.497. The summed E-state index contributed by atoms with van der Waals surface area (Å²) in [5, 5.41) is 0. The van der Waals surface area contributed by atoms with Crippen LogP contribution in [0.4, 0.5) is 0 Å². The Hall–Kier alpha value is -0.230. The number of hydrogen-bond acceptors (Lipinski definition) is 8. The highest BCUT2D eigenvalue weighted by Gasteiger charge is 2.79. The third kappa shape index (κ3) is 1.28. The van der Waals surface area contributed by atoms with E-state index in [9.17, 15) is 25.3 Å². The molecule has 18 heavy (non-hydrogen) atoms. The molecule has 0 radical (unpaired) electrons. The molecular weight excluding hydrogens is 308 g/mol. The molecule has 3 aliphatic rings. The highest BCUT2D eigenvalue weighted by Crippen LogP contribution is 2.54. The maximum Gasteiger partial charge on any atom is 0.360 e. The van der Waals surface area contributed by atoms with Gasteiger partial charge in [0.05, 0.1) is 25.4 Å². The lowest BCUT2D eigenvalue weighted by molar-refractivity contribution is 0.349. The van der Waals surface area contributed by atoms with E-state index < -0.39 is 41.9 Å². The maximum atomic E-state index is 11.9. The molecule has 0 aromatic heterocycles. The zero-order chi connectivity index (χ0) is 13.4. The Bertz CT molecular complexity index is 636. The molecule has 0 bridgehead atoms. The first-order valence-corrected chi connectivity index (χ1v) is 10.6. The monoisotopic (exact) mass is 318 g/mol. The summed E-state index contributed by atoms with van der Waals surface area (Å²) in [5.74, 6) is 0. The maximum absolute atomic E-state index is 11.9. The molecule has 0 saturated carbocycles. The van der Waals surface area contributed by atoms with Crippen LogP contribution in [-0.4, -0.2) is 54.8 Å². The second-order valence-electron chi connectivity index (χ2n) is 4.55. The summed E-state index contributed by atoms with van der Waals surface area (Å²) in [6.07, 6.45) is -1.69. The van der Waals surface area contributed by atoms with Crippen molar-refractivity contribution >= 4 is 25.6 Å². The molecule has 0 amide bonds. The van der Waals surface area contributed by atoms with Crippen molar-refractivity contribution in [1.82, 2.24) is 0 Å². The van der Waals surface area contributed by atoms with Crippen molar-refractivity contribution in [2.45, 2.75) is 29.1 Å². The van der Waals surface area contributed by atoms with E-state index >= 15 is 0 Å². The summed E-state index contributed by atoms with van der Waals surface area (Å²) in [5.41, 5.74) is 0. The summed E-state index contributed by atoms with van der Waals surface area (Å²) in [7, 11) is -14.7. The third-order valence-corrected chi connectivity index (χ3v) is 17.2. The number of epoxide rings is 2. The van der Waals surface area contributed by atoms with Gasteiger partial charge in [-0.15, -0.1) is 0 Å². The first-order chi connectivity index (χ1) is 8.16. The zero-order valence-corrected chi connectivity index (χ0v) is 11.4. The van der Waals surface area contributed by atoms with Crippen molar-refractivity contribution in [3.63, 3.8) is 0 Å². The molecule has 0 aliphatic carbocycles. The van der Waals surface area contributed by atoms with Crippen LogP contribution in [0, 0.1) is 0 Å². The van der Waals surface area contributed by atoms with E-state index in [1.807, 2.05) is 0 Å². The van der Waals surface area contributed by atoms with Gasteiger partial charge in [-0.3, -0.25) is 0 Å². The first-order valence-electron chi connectivity index (χ1n) is 5.13. The van der Waals surface area contributed by atoms with Gasteiger partial charge in [-0.2, -0.15) is 8.42 Å². The Morgan fingerprint density at radius 3 is 1.44 bits per heavy atom. The van der Waals surface area contributed by atoms with Gasteiger partial charge in [-0.1, -0.05) is 0 Å². The Morgan fingerprint density at radius 2 is 1.17 bits per heavy atom. The van der Waals surface area contributed by atoms with Gasteiger partial charge in [0.1, 0.15) is 0 Å². The number of hydrogen-bond donors (Lipinski definition) is 0. The van der Waals surface area contributed by atoms with Gasteiger partial charge in [-0.05, 0) is 0 Å². The zero-order valence-electron chi connectivity index (χ0n) is 8.97. The lowest BCUT2D eigenvalue weighted by Crippen LogP contribution is -2.64. The van der Waals surface area contributed by atoms with E-state index in [1.54, 1.807) is 0 Å². The third-order valence-electron chi connectivity index (χ3n) is 3.33. The highest BCUT2D eigenvalue weighted by molar-refractivity contribution is 9.08. The van der Waals surface area contributed by atoms with Crippen molar-refractivity contribution in [3.05, 3.63) is 0 Å². The Morgan fingerprint density at radius 1 is 0.833 bits per heavy atom. The minimum atomic E-state index is -5.15. The predicted octanol–water partition coefficient (Wildman–Crippen LogP) is -1.65. The SMILES string of the molecule is O=S1(=O)C(CC2CO2)(CC2CO2)S(=O)(=O)S1(=O)=O. The lowest BCUT2D eigenvalue weighted by atomic mass is 10.1. The number of ether oxygens (including phenoxy) is 2. The molecule has 3 fully saturated rings. The molecule has 0 aromatic rings. The second kappa shape index (κ2) is 3.26. The van der Waals surface area contributed by atoms with Crippen LogP contribution in [0.1, 0.15) is 12.8 Å². The van der Waals surface area contributed by atoms with Crippen LogP contribution in [-0.2, 0) is 35.1 Å². The standard InChI is InChI=1S/C7H10O8S3/c8-16(9)7(1-5-3-14-5,2-6-4-15-6)17(10,11)18(16,12)13/h5-6H,1-4H2. The van der Waals surface area contributed by atoms with Gasteiger partial charge in [0.25, 0.3) is 17.7 Å². The topological polar surface area (TPSA) is 127 Å². The van der Waals surface area contributed by atoms with Gasteiger partial charge in [0.15, 0.2) is 0 Å². The molecular formula is C7H10O8S3. The van der Waals surface area contributed by atoms with Crippen molar-refractivity contribution in [2.24, 2.45) is 0 Å². The average Bonchev–Trinajstić information content (AvgIpc) is 3.08. The van der Waals surface area contributed by atoms with Gasteiger partial charge < -0.3 is 9.47 Å². The Balaban J connectivity index is 2.13. The van der Waals surface area contributed by atoms with Crippen LogP contribution in [0.15, 0.2) is 0 Å². The van der Waals surface area contributed by atoms with Crippen molar-refractivity contribution in [3.8, 4) is 0 Å². The Labute approximate surface area is 103 Å². The minimum absolute atomic E-state index is 0.248. The molecule has 3 saturated heterocycles. The van der Waals surface area contributed by atoms with Crippen molar-refractivity contribution in [1.29, 1.82) is 0 Å². The average molecular weight is 318 g/mol. The summed E-state index contributed by atoms with van der Waals surface area (Å²) >= 11 is 0. The second-order valence-corrected chi connectivity index (χ2v) is 14.9. The molecule has 3 heterocycles. The predicted molar refractivity (Wildman–Crippen MR) is 58.2 cm³/mol. The quantitative estimate of drug-likeness (QED) is 0.445. The molecule has 2 atom stereocenters. The van der Waals surface area contributed by atoms with Gasteiger partial charge in [0, 0.05) is 12.8 Å². The van der Waals surface area contributed by atoms with Crippen molar-refractivity contribution in [2.75, 3.05) is 13.2 Å². The van der Waals surface area contributed by atoms with E-state index in [2.05, 4.69) is 0 Å². The van der Waals surface area contributed by atoms with Crippen LogP contribution in [0.3, 0.4) is 0 Å².